The minimum Gasteiger partial charge on any atom is -0.472 e. The van der Waals surface area contributed by atoms with Crippen molar-refractivity contribution >= 4 is 33.7 Å². The predicted octanol–water partition coefficient (Wildman–Crippen LogP) is 4.57. The van der Waals surface area contributed by atoms with E-state index in [0.29, 0.717) is 28.4 Å². The largest absolute Gasteiger partial charge is 0.472 e. The average molecular weight is 462 g/mol. The Morgan fingerprint density at radius 3 is 2.74 bits per heavy atom. The number of aromatic amines is 2. The number of fused-ring (bicyclic) bond motifs is 2. The Kier molecular flexibility index (Phi) is 4.25. The van der Waals surface area contributed by atoms with Gasteiger partial charge in [0.1, 0.15) is 11.0 Å². The summed E-state index contributed by atoms with van der Waals surface area (Å²) in [5.41, 5.74) is 7.54. The number of rotatable bonds is 5. The van der Waals surface area contributed by atoms with Gasteiger partial charge in [-0.25, -0.2) is 9.97 Å². The van der Waals surface area contributed by atoms with E-state index >= 15 is 0 Å². The van der Waals surface area contributed by atoms with Crippen LogP contribution < -0.4 is 5.32 Å². The third-order valence-electron chi connectivity index (χ3n) is 6.11. The SMILES string of the molecule is O=C(Nc1cncc(-c2ccc3[nH]nc(-c4nc5c(-c6ccoc6)cncc5[nH]4)c3n2)c1)C1CC1. The van der Waals surface area contributed by atoms with Crippen LogP contribution in [0.3, 0.4) is 0 Å². The van der Waals surface area contributed by atoms with Gasteiger partial charge in [-0.3, -0.25) is 19.9 Å². The van der Waals surface area contributed by atoms with E-state index in [9.17, 15) is 4.79 Å². The zero-order valence-corrected chi connectivity index (χ0v) is 18.3. The van der Waals surface area contributed by atoms with Gasteiger partial charge in [-0.15, -0.1) is 0 Å². The number of nitrogens with zero attached hydrogens (tertiary/aromatic N) is 5. The number of carbonyl (C=O) groups excluding carboxylic acids is 1. The normalized spacial score (nSPS) is 13.5. The molecule has 0 bridgehead atoms. The molecule has 35 heavy (non-hydrogen) atoms. The lowest BCUT2D eigenvalue weighted by Crippen LogP contribution is -2.13. The number of anilines is 1. The van der Waals surface area contributed by atoms with Crippen LogP contribution in [-0.4, -0.2) is 41.0 Å². The number of hydrogen-bond donors (Lipinski definition) is 3. The van der Waals surface area contributed by atoms with Crippen LogP contribution >= 0.6 is 0 Å². The fraction of sp³-hybridized carbons (Fsp3) is 0.120. The van der Waals surface area contributed by atoms with Gasteiger partial charge in [0.25, 0.3) is 0 Å². The number of aromatic nitrogens is 7. The summed E-state index contributed by atoms with van der Waals surface area (Å²) in [5.74, 6) is 0.741. The van der Waals surface area contributed by atoms with Gasteiger partial charge in [0.2, 0.25) is 5.91 Å². The van der Waals surface area contributed by atoms with Crippen molar-refractivity contribution in [1.82, 2.24) is 35.1 Å². The molecule has 170 valence electrons. The summed E-state index contributed by atoms with van der Waals surface area (Å²) >= 11 is 0. The molecule has 6 aromatic heterocycles. The minimum atomic E-state index is 0.0404. The monoisotopic (exact) mass is 462 g/mol. The molecule has 0 unspecified atom stereocenters. The number of pyridine rings is 3. The van der Waals surface area contributed by atoms with Gasteiger partial charge in [-0.05, 0) is 37.1 Å². The zero-order chi connectivity index (χ0) is 23.4. The van der Waals surface area contributed by atoms with E-state index in [2.05, 4.69) is 30.5 Å². The second kappa shape index (κ2) is 7.59. The van der Waals surface area contributed by atoms with Gasteiger partial charge in [0.15, 0.2) is 11.5 Å². The highest BCUT2D eigenvalue weighted by atomic mass is 16.3. The average Bonchev–Trinajstić information content (AvgIpc) is 3.26. The Bertz CT molecular complexity index is 1710. The lowest BCUT2D eigenvalue weighted by molar-refractivity contribution is -0.117. The van der Waals surface area contributed by atoms with Crippen molar-refractivity contribution < 1.29 is 9.21 Å². The fourth-order valence-corrected chi connectivity index (χ4v) is 4.14. The standard InChI is InChI=1S/C25H18N8O2/c34-25(13-1-2-13)28-16-7-15(8-26-9-16)18-3-4-19-22(29-18)23(33-32-19)24-30-20-11-27-10-17(21(20)31-24)14-5-6-35-12-14/h3-13H,1-2H2,(H,28,34)(H,30,31)(H,32,33). The van der Waals surface area contributed by atoms with E-state index < -0.39 is 0 Å². The van der Waals surface area contributed by atoms with Crippen molar-refractivity contribution in [3.63, 3.8) is 0 Å². The number of hydrogen-bond acceptors (Lipinski definition) is 7. The molecule has 1 aliphatic carbocycles. The molecule has 6 heterocycles. The second-order valence-electron chi connectivity index (χ2n) is 8.57. The van der Waals surface area contributed by atoms with Gasteiger partial charge in [0.05, 0.1) is 47.3 Å². The van der Waals surface area contributed by atoms with Crippen LogP contribution in [0.15, 0.2) is 66.0 Å². The molecule has 3 N–H and O–H groups in total. The lowest BCUT2D eigenvalue weighted by atomic mass is 10.1. The molecule has 0 aliphatic heterocycles. The van der Waals surface area contributed by atoms with E-state index in [0.717, 1.165) is 46.1 Å². The smallest absolute Gasteiger partial charge is 0.227 e. The Balaban J connectivity index is 1.29. The summed E-state index contributed by atoms with van der Waals surface area (Å²) in [7, 11) is 0. The highest BCUT2D eigenvalue weighted by Gasteiger charge is 2.29. The van der Waals surface area contributed by atoms with Crippen LogP contribution in [0.1, 0.15) is 12.8 Å². The number of carbonyl (C=O) groups is 1. The molecule has 6 aromatic rings. The summed E-state index contributed by atoms with van der Waals surface area (Å²) < 4.78 is 5.23. The van der Waals surface area contributed by atoms with Gasteiger partial charge in [0, 0.05) is 35.0 Å². The van der Waals surface area contributed by atoms with Crippen molar-refractivity contribution in [3.05, 3.63) is 61.6 Å². The molecular formula is C25H18N8O2. The first-order valence-corrected chi connectivity index (χ1v) is 11.2. The Morgan fingerprint density at radius 2 is 1.89 bits per heavy atom. The van der Waals surface area contributed by atoms with E-state index in [1.807, 2.05) is 24.3 Å². The Labute approximate surface area is 197 Å². The third-order valence-corrected chi connectivity index (χ3v) is 6.11. The first-order valence-electron chi connectivity index (χ1n) is 11.2. The van der Waals surface area contributed by atoms with Crippen LogP contribution in [-0.2, 0) is 4.79 Å². The fourth-order valence-electron chi connectivity index (χ4n) is 4.14. The van der Waals surface area contributed by atoms with E-state index in [1.54, 1.807) is 37.3 Å². The third kappa shape index (κ3) is 3.43. The van der Waals surface area contributed by atoms with Gasteiger partial charge < -0.3 is 14.7 Å². The zero-order valence-electron chi connectivity index (χ0n) is 18.3. The summed E-state index contributed by atoms with van der Waals surface area (Å²) in [6.07, 6.45) is 12.0. The molecule has 0 aromatic carbocycles. The Hall–Kier alpha value is -4.86. The van der Waals surface area contributed by atoms with Crippen molar-refractivity contribution in [2.24, 2.45) is 5.92 Å². The van der Waals surface area contributed by atoms with E-state index in [4.69, 9.17) is 14.4 Å². The molecule has 1 saturated carbocycles. The number of imidazole rings is 1. The predicted molar refractivity (Wildman–Crippen MR) is 129 cm³/mol. The summed E-state index contributed by atoms with van der Waals surface area (Å²) in [6, 6.07) is 7.57. The maximum absolute atomic E-state index is 12.2. The van der Waals surface area contributed by atoms with Gasteiger partial charge in [-0.1, -0.05) is 0 Å². The lowest BCUT2D eigenvalue weighted by Gasteiger charge is -2.06. The molecule has 1 amide bonds. The van der Waals surface area contributed by atoms with E-state index in [-0.39, 0.29) is 11.8 Å². The number of furan rings is 1. The molecular weight excluding hydrogens is 444 g/mol. The molecule has 1 fully saturated rings. The number of H-pyrrole nitrogens is 2. The van der Waals surface area contributed by atoms with Crippen LogP contribution in [0.5, 0.6) is 0 Å². The van der Waals surface area contributed by atoms with Crippen LogP contribution in [0.4, 0.5) is 5.69 Å². The highest BCUT2D eigenvalue weighted by Crippen LogP contribution is 2.32. The minimum absolute atomic E-state index is 0.0404. The molecule has 10 heteroatoms. The van der Waals surface area contributed by atoms with Gasteiger partial charge >= 0.3 is 0 Å². The summed E-state index contributed by atoms with van der Waals surface area (Å²) in [6.45, 7) is 0. The molecule has 0 atom stereocenters. The molecule has 7 rings (SSSR count). The van der Waals surface area contributed by atoms with Crippen molar-refractivity contribution in [3.8, 4) is 33.9 Å². The molecule has 0 saturated heterocycles. The van der Waals surface area contributed by atoms with Crippen molar-refractivity contribution in [2.75, 3.05) is 5.32 Å². The van der Waals surface area contributed by atoms with Crippen LogP contribution in [0.25, 0.3) is 56.0 Å². The Morgan fingerprint density at radius 1 is 0.971 bits per heavy atom. The van der Waals surface area contributed by atoms with Crippen molar-refractivity contribution in [2.45, 2.75) is 12.8 Å². The molecule has 0 spiro atoms. The first-order chi connectivity index (χ1) is 17.2. The van der Waals surface area contributed by atoms with Crippen LogP contribution in [0.2, 0.25) is 0 Å². The summed E-state index contributed by atoms with van der Waals surface area (Å²) in [4.78, 5) is 33.8. The second-order valence-corrected chi connectivity index (χ2v) is 8.57. The summed E-state index contributed by atoms with van der Waals surface area (Å²) in [5, 5.41) is 10.5. The highest BCUT2D eigenvalue weighted by molar-refractivity contribution is 5.96. The van der Waals surface area contributed by atoms with Gasteiger partial charge in [-0.2, -0.15) is 5.10 Å². The molecule has 10 nitrogen and oxygen atoms in total. The maximum atomic E-state index is 12.2. The number of nitrogens with one attached hydrogen (secondary N) is 3. The van der Waals surface area contributed by atoms with Crippen molar-refractivity contribution in [1.29, 1.82) is 0 Å². The molecule has 1 aliphatic rings. The quantitative estimate of drug-likeness (QED) is 0.341. The topological polar surface area (TPSA) is 138 Å². The molecule has 0 radical (unpaired) electrons. The first kappa shape index (κ1) is 19.6. The van der Waals surface area contributed by atoms with Crippen LogP contribution in [0, 0.1) is 5.92 Å². The number of amides is 1. The van der Waals surface area contributed by atoms with E-state index in [1.165, 1.54) is 0 Å². The maximum Gasteiger partial charge on any atom is 0.227 e.